The van der Waals surface area contributed by atoms with Gasteiger partial charge in [-0.3, -0.25) is 0 Å². The van der Waals surface area contributed by atoms with E-state index in [-0.39, 0.29) is 5.75 Å². The van der Waals surface area contributed by atoms with Crippen LogP contribution in [-0.2, 0) is 4.79 Å². The minimum absolute atomic E-state index is 0.0207. The molecular weight excluding hydrogens is 230 g/mol. The van der Waals surface area contributed by atoms with Crippen LogP contribution in [0.3, 0.4) is 0 Å². The van der Waals surface area contributed by atoms with E-state index in [4.69, 9.17) is 9.84 Å². The van der Waals surface area contributed by atoms with E-state index in [1.54, 1.807) is 0 Å². The summed E-state index contributed by atoms with van der Waals surface area (Å²) in [6.45, 7) is 1.93. The Balaban J connectivity index is 2.71. The summed E-state index contributed by atoms with van der Waals surface area (Å²) in [6.07, 6.45) is 0.843. The summed E-state index contributed by atoms with van der Waals surface area (Å²) in [5, 5.41) is 8.89. The van der Waals surface area contributed by atoms with Gasteiger partial charge in [0.15, 0.2) is 17.7 Å². The predicted octanol–water partition coefficient (Wildman–Crippen LogP) is 2.99. The lowest BCUT2D eigenvalue weighted by Crippen LogP contribution is -2.26. The van der Waals surface area contributed by atoms with Crippen molar-refractivity contribution in [3.05, 3.63) is 29.8 Å². The molecule has 1 atom stereocenters. The standard InChI is InChI=1S/C12H14F2O3/c1-2-3-4-11(12(15)16)17-8-5-6-9(13)10(14)7-8/h5-7,11H,2-4H2,1H3,(H,15,16). The number of carbonyl (C=O) groups is 1. The third-order valence-electron chi connectivity index (χ3n) is 2.26. The molecule has 1 unspecified atom stereocenters. The third-order valence-corrected chi connectivity index (χ3v) is 2.26. The van der Waals surface area contributed by atoms with Gasteiger partial charge in [0.1, 0.15) is 5.75 Å². The quantitative estimate of drug-likeness (QED) is 0.836. The van der Waals surface area contributed by atoms with Crippen LogP contribution in [-0.4, -0.2) is 17.2 Å². The molecule has 0 fully saturated rings. The van der Waals surface area contributed by atoms with Crippen molar-refractivity contribution < 1.29 is 23.4 Å². The van der Waals surface area contributed by atoms with E-state index in [0.717, 1.165) is 18.6 Å². The first-order valence-corrected chi connectivity index (χ1v) is 5.39. The number of hydrogen-bond acceptors (Lipinski definition) is 2. The SMILES string of the molecule is CCCCC(Oc1ccc(F)c(F)c1)C(=O)O. The highest BCUT2D eigenvalue weighted by Gasteiger charge is 2.19. The molecule has 0 saturated heterocycles. The highest BCUT2D eigenvalue weighted by atomic mass is 19.2. The fourth-order valence-corrected chi connectivity index (χ4v) is 1.34. The lowest BCUT2D eigenvalue weighted by atomic mass is 10.1. The van der Waals surface area contributed by atoms with Gasteiger partial charge in [0.2, 0.25) is 0 Å². The van der Waals surface area contributed by atoms with Crippen molar-refractivity contribution in [1.82, 2.24) is 0 Å². The zero-order chi connectivity index (χ0) is 12.8. The maximum atomic E-state index is 12.9. The van der Waals surface area contributed by atoms with Crippen molar-refractivity contribution in [1.29, 1.82) is 0 Å². The molecule has 1 aromatic carbocycles. The Bertz CT molecular complexity index is 393. The molecule has 3 nitrogen and oxygen atoms in total. The number of benzene rings is 1. The first-order chi connectivity index (χ1) is 8.04. The van der Waals surface area contributed by atoms with E-state index >= 15 is 0 Å². The van der Waals surface area contributed by atoms with Crippen LogP contribution >= 0.6 is 0 Å². The van der Waals surface area contributed by atoms with E-state index in [1.165, 1.54) is 6.07 Å². The highest BCUT2D eigenvalue weighted by molar-refractivity contribution is 5.72. The Morgan fingerprint density at radius 2 is 2.12 bits per heavy atom. The fourth-order valence-electron chi connectivity index (χ4n) is 1.34. The number of halogens is 2. The first kappa shape index (κ1) is 13.4. The molecule has 0 heterocycles. The van der Waals surface area contributed by atoms with Crippen LogP contribution in [0.15, 0.2) is 18.2 Å². The number of aliphatic carboxylic acids is 1. The van der Waals surface area contributed by atoms with Crippen molar-refractivity contribution in [2.45, 2.75) is 32.3 Å². The number of carboxylic acids is 1. The van der Waals surface area contributed by atoms with Gasteiger partial charge >= 0.3 is 5.97 Å². The first-order valence-electron chi connectivity index (χ1n) is 5.39. The topological polar surface area (TPSA) is 46.5 Å². The second-order valence-electron chi connectivity index (χ2n) is 3.66. The van der Waals surface area contributed by atoms with Crippen LogP contribution in [0.4, 0.5) is 8.78 Å². The summed E-state index contributed by atoms with van der Waals surface area (Å²) in [5.74, 6) is -3.13. The molecule has 1 rings (SSSR count). The molecular formula is C12H14F2O3. The fraction of sp³-hybridized carbons (Fsp3) is 0.417. The number of unbranched alkanes of at least 4 members (excludes halogenated alkanes) is 1. The summed E-state index contributed by atoms with van der Waals surface area (Å²) < 4.78 is 30.6. The van der Waals surface area contributed by atoms with Crippen molar-refractivity contribution in [2.75, 3.05) is 0 Å². The van der Waals surface area contributed by atoms with E-state index in [9.17, 15) is 13.6 Å². The number of hydrogen-bond donors (Lipinski definition) is 1. The van der Waals surface area contributed by atoms with Gasteiger partial charge in [-0.25, -0.2) is 13.6 Å². The molecule has 0 spiro atoms. The summed E-state index contributed by atoms with van der Waals surface area (Å²) in [7, 11) is 0. The number of rotatable bonds is 6. The third kappa shape index (κ3) is 4.01. The summed E-state index contributed by atoms with van der Waals surface area (Å²) in [4.78, 5) is 10.9. The van der Waals surface area contributed by atoms with Gasteiger partial charge in [0, 0.05) is 6.07 Å². The Morgan fingerprint density at radius 3 is 2.65 bits per heavy atom. The van der Waals surface area contributed by atoms with Crippen LogP contribution in [0.2, 0.25) is 0 Å². The van der Waals surface area contributed by atoms with E-state index in [0.29, 0.717) is 12.8 Å². The largest absolute Gasteiger partial charge is 0.479 e. The molecule has 5 heteroatoms. The molecule has 0 aliphatic carbocycles. The maximum absolute atomic E-state index is 12.9. The van der Waals surface area contributed by atoms with E-state index in [1.807, 2.05) is 6.92 Å². The van der Waals surface area contributed by atoms with Crippen LogP contribution < -0.4 is 4.74 Å². The van der Waals surface area contributed by atoms with Gasteiger partial charge in [0.25, 0.3) is 0 Å². The summed E-state index contributed by atoms with van der Waals surface area (Å²) in [5.41, 5.74) is 0. The van der Waals surface area contributed by atoms with E-state index in [2.05, 4.69) is 0 Å². The van der Waals surface area contributed by atoms with Gasteiger partial charge in [0.05, 0.1) is 0 Å². The van der Waals surface area contributed by atoms with E-state index < -0.39 is 23.7 Å². The van der Waals surface area contributed by atoms with Crippen LogP contribution in [0.1, 0.15) is 26.2 Å². The molecule has 1 aromatic rings. The molecule has 0 saturated carbocycles. The van der Waals surface area contributed by atoms with Crippen LogP contribution in [0.5, 0.6) is 5.75 Å². The molecule has 0 aliphatic rings. The van der Waals surface area contributed by atoms with Crippen LogP contribution in [0.25, 0.3) is 0 Å². The van der Waals surface area contributed by atoms with Crippen LogP contribution in [0, 0.1) is 11.6 Å². The molecule has 0 bridgehead atoms. The van der Waals surface area contributed by atoms with Gasteiger partial charge in [-0.2, -0.15) is 0 Å². The summed E-state index contributed by atoms with van der Waals surface area (Å²) in [6, 6.07) is 2.96. The zero-order valence-electron chi connectivity index (χ0n) is 9.45. The Morgan fingerprint density at radius 1 is 1.41 bits per heavy atom. The van der Waals surface area contributed by atoms with Gasteiger partial charge in [-0.1, -0.05) is 13.3 Å². The smallest absolute Gasteiger partial charge is 0.344 e. The second-order valence-corrected chi connectivity index (χ2v) is 3.66. The number of carboxylic acid groups (broad SMARTS) is 1. The average Bonchev–Trinajstić information content (AvgIpc) is 2.28. The molecule has 1 N–H and O–H groups in total. The van der Waals surface area contributed by atoms with Crippen molar-refractivity contribution in [2.24, 2.45) is 0 Å². The molecule has 17 heavy (non-hydrogen) atoms. The molecule has 0 radical (unpaired) electrons. The van der Waals surface area contributed by atoms with Crippen molar-refractivity contribution >= 4 is 5.97 Å². The van der Waals surface area contributed by atoms with Crippen molar-refractivity contribution in [3.63, 3.8) is 0 Å². The maximum Gasteiger partial charge on any atom is 0.344 e. The van der Waals surface area contributed by atoms with Gasteiger partial charge < -0.3 is 9.84 Å². The number of ether oxygens (including phenoxy) is 1. The minimum atomic E-state index is -1.11. The molecule has 0 aliphatic heterocycles. The minimum Gasteiger partial charge on any atom is -0.479 e. The normalized spacial score (nSPS) is 12.2. The Kier molecular flexibility index (Phi) is 4.87. The summed E-state index contributed by atoms with van der Waals surface area (Å²) >= 11 is 0. The highest BCUT2D eigenvalue weighted by Crippen LogP contribution is 2.18. The average molecular weight is 244 g/mol. The second kappa shape index (κ2) is 6.18. The monoisotopic (exact) mass is 244 g/mol. The molecule has 94 valence electrons. The van der Waals surface area contributed by atoms with Crippen molar-refractivity contribution in [3.8, 4) is 5.75 Å². The molecule has 0 aromatic heterocycles. The predicted molar refractivity (Wildman–Crippen MR) is 57.9 cm³/mol. The van der Waals surface area contributed by atoms with Gasteiger partial charge in [-0.05, 0) is 25.0 Å². The molecule has 0 amide bonds. The zero-order valence-corrected chi connectivity index (χ0v) is 9.45. The lowest BCUT2D eigenvalue weighted by molar-refractivity contribution is -0.145. The lowest BCUT2D eigenvalue weighted by Gasteiger charge is -2.14. The Hall–Kier alpha value is -1.65. The Labute approximate surface area is 98.0 Å². The van der Waals surface area contributed by atoms with Gasteiger partial charge in [-0.15, -0.1) is 0 Å².